The number of aryl methyl sites for hydroxylation is 1. The molecule has 0 heterocycles. The van der Waals surface area contributed by atoms with Crippen LogP contribution in [0.25, 0.3) is 0 Å². The van der Waals surface area contributed by atoms with E-state index in [4.69, 9.17) is 0 Å². The summed E-state index contributed by atoms with van der Waals surface area (Å²) in [6.07, 6.45) is 1.08. The van der Waals surface area contributed by atoms with Crippen molar-refractivity contribution in [3.8, 4) is 0 Å². The van der Waals surface area contributed by atoms with E-state index < -0.39 is 0 Å². The second-order valence-corrected chi connectivity index (χ2v) is 4.85. The van der Waals surface area contributed by atoms with Crippen molar-refractivity contribution in [2.75, 3.05) is 23.4 Å². The number of benzene rings is 1. The minimum absolute atomic E-state index is 0.163. The Labute approximate surface area is 95.5 Å². The molecule has 0 atom stereocenters. The fourth-order valence-electron chi connectivity index (χ4n) is 1.32. The number of halogens is 1. The van der Waals surface area contributed by atoms with E-state index in [-0.39, 0.29) is 5.82 Å². The van der Waals surface area contributed by atoms with E-state index in [0.717, 1.165) is 30.0 Å². The number of thioether (sulfide) groups is 1. The van der Waals surface area contributed by atoms with E-state index in [2.05, 4.69) is 12.2 Å². The first-order chi connectivity index (χ1) is 7.24. The number of rotatable bonds is 6. The van der Waals surface area contributed by atoms with Gasteiger partial charge < -0.3 is 5.32 Å². The summed E-state index contributed by atoms with van der Waals surface area (Å²) in [4.78, 5) is 0. The minimum Gasteiger partial charge on any atom is -0.383 e. The molecule has 0 radical (unpaired) electrons. The Hall–Kier alpha value is -0.700. The average molecular weight is 227 g/mol. The van der Waals surface area contributed by atoms with Crippen molar-refractivity contribution in [2.24, 2.45) is 0 Å². The predicted molar refractivity (Wildman–Crippen MR) is 67.2 cm³/mol. The smallest absolute Gasteiger partial charge is 0.146 e. The molecule has 1 N–H and O–H groups in total. The van der Waals surface area contributed by atoms with Crippen LogP contribution in [0.3, 0.4) is 0 Å². The third-order valence-electron chi connectivity index (χ3n) is 2.11. The first-order valence-electron chi connectivity index (χ1n) is 5.32. The van der Waals surface area contributed by atoms with Crippen molar-refractivity contribution in [1.29, 1.82) is 0 Å². The Morgan fingerprint density at radius 3 is 2.93 bits per heavy atom. The van der Waals surface area contributed by atoms with Crippen LogP contribution >= 0.6 is 11.8 Å². The second kappa shape index (κ2) is 6.72. The Kier molecular flexibility index (Phi) is 5.54. The van der Waals surface area contributed by atoms with Crippen molar-refractivity contribution in [3.63, 3.8) is 0 Å². The Bertz CT molecular complexity index is 302. The number of hydrogen-bond acceptors (Lipinski definition) is 2. The molecule has 1 aromatic carbocycles. The van der Waals surface area contributed by atoms with E-state index in [9.17, 15) is 4.39 Å². The topological polar surface area (TPSA) is 12.0 Å². The SMILES string of the molecule is CCSCCCNc1cc(C)ccc1F. The van der Waals surface area contributed by atoms with E-state index in [1.165, 1.54) is 6.07 Å². The molecule has 84 valence electrons. The van der Waals surface area contributed by atoms with Crippen LogP contribution in [0.2, 0.25) is 0 Å². The number of hydrogen-bond donors (Lipinski definition) is 1. The number of anilines is 1. The molecule has 0 saturated heterocycles. The monoisotopic (exact) mass is 227 g/mol. The summed E-state index contributed by atoms with van der Waals surface area (Å²) in [5.74, 6) is 2.12. The molecule has 1 rings (SSSR count). The maximum Gasteiger partial charge on any atom is 0.146 e. The third-order valence-corrected chi connectivity index (χ3v) is 3.09. The van der Waals surface area contributed by atoms with Crippen molar-refractivity contribution in [1.82, 2.24) is 0 Å². The molecule has 0 saturated carbocycles. The molecule has 0 aromatic heterocycles. The molecule has 3 heteroatoms. The van der Waals surface area contributed by atoms with Gasteiger partial charge in [-0.05, 0) is 42.5 Å². The van der Waals surface area contributed by atoms with E-state index in [1.807, 2.05) is 24.8 Å². The Morgan fingerprint density at radius 1 is 1.40 bits per heavy atom. The van der Waals surface area contributed by atoms with Gasteiger partial charge in [-0.15, -0.1) is 0 Å². The fraction of sp³-hybridized carbons (Fsp3) is 0.500. The molecule has 15 heavy (non-hydrogen) atoms. The molecular formula is C12H18FNS. The summed E-state index contributed by atoms with van der Waals surface area (Å²) in [5.41, 5.74) is 1.71. The lowest BCUT2D eigenvalue weighted by Crippen LogP contribution is -2.04. The lowest BCUT2D eigenvalue weighted by molar-refractivity contribution is 0.629. The molecule has 0 aliphatic heterocycles. The van der Waals surface area contributed by atoms with Crippen LogP contribution in [-0.2, 0) is 0 Å². The van der Waals surface area contributed by atoms with Gasteiger partial charge in [0.15, 0.2) is 0 Å². The van der Waals surface area contributed by atoms with E-state index in [1.54, 1.807) is 6.07 Å². The van der Waals surface area contributed by atoms with Gasteiger partial charge in [-0.1, -0.05) is 13.0 Å². The standard InChI is InChI=1S/C12H18FNS/c1-3-15-8-4-7-14-12-9-10(2)5-6-11(12)13/h5-6,9,14H,3-4,7-8H2,1-2H3. The van der Waals surface area contributed by atoms with E-state index >= 15 is 0 Å². The third kappa shape index (κ3) is 4.56. The molecule has 0 bridgehead atoms. The van der Waals surface area contributed by atoms with Crippen molar-refractivity contribution in [2.45, 2.75) is 20.3 Å². The molecule has 1 aromatic rings. The zero-order valence-corrected chi connectivity index (χ0v) is 10.2. The first-order valence-corrected chi connectivity index (χ1v) is 6.47. The highest BCUT2D eigenvalue weighted by Crippen LogP contribution is 2.15. The summed E-state index contributed by atoms with van der Waals surface area (Å²) in [6, 6.07) is 5.15. The zero-order valence-electron chi connectivity index (χ0n) is 9.35. The van der Waals surface area contributed by atoms with Crippen molar-refractivity contribution < 1.29 is 4.39 Å². The fourth-order valence-corrected chi connectivity index (χ4v) is 1.95. The molecule has 0 aliphatic carbocycles. The summed E-state index contributed by atoms with van der Waals surface area (Å²) >= 11 is 1.92. The van der Waals surface area contributed by atoms with Crippen molar-refractivity contribution in [3.05, 3.63) is 29.6 Å². The van der Waals surface area contributed by atoms with Gasteiger partial charge >= 0.3 is 0 Å². The zero-order chi connectivity index (χ0) is 11.1. The lowest BCUT2D eigenvalue weighted by Gasteiger charge is -2.07. The highest BCUT2D eigenvalue weighted by Gasteiger charge is 2.00. The maximum atomic E-state index is 13.3. The van der Waals surface area contributed by atoms with Crippen LogP contribution in [-0.4, -0.2) is 18.1 Å². The summed E-state index contributed by atoms with van der Waals surface area (Å²) in [7, 11) is 0. The normalized spacial score (nSPS) is 10.3. The van der Waals surface area contributed by atoms with Gasteiger partial charge in [0.25, 0.3) is 0 Å². The molecule has 0 unspecified atom stereocenters. The van der Waals surface area contributed by atoms with Gasteiger partial charge in [-0.25, -0.2) is 4.39 Å². The van der Waals surface area contributed by atoms with Gasteiger partial charge in [0.1, 0.15) is 5.82 Å². The molecule has 1 nitrogen and oxygen atoms in total. The van der Waals surface area contributed by atoms with Crippen LogP contribution in [0.5, 0.6) is 0 Å². The van der Waals surface area contributed by atoms with Crippen LogP contribution < -0.4 is 5.32 Å². The van der Waals surface area contributed by atoms with Crippen LogP contribution in [0.1, 0.15) is 18.9 Å². The summed E-state index contributed by atoms with van der Waals surface area (Å²) in [6.45, 7) is 4.96. The number of nitrogens with one attached hydrogen (secondary N) is 1. The quantitative estimate of drug-likeness (QED) is 0.744. The van der Waals surface area contributed by atoms with Crippen LogP contribution in [0.4, 0.5) is 10.1 Å². The highest BCUT2D eigenvalue weighted by molar-refractivity contribution is 7.99. The van der Waals surface area contributed by atoms with Gasteiger partial charge in [-0.3, -0.25) is 0 Å². The van der Waals surface area contributed by atoms with E-state index in [0.29, 0.717) is 5.69 Å². The minimum atomic E-state index is -0.163. The molecule has 0 aliphatic rings. The maximum absolute atomic E-state index is 13.3. The van der Waals surface area contributed by atoms with Gasteiger partial charge in [0.05, 0.1) is 5.69 Å². The molecule has 0 fully saturated rings. The molecular weight excluding hydrogens is 209 g/mol. The lowest BCUT2D eigenvalue weighted by atomic mass is 10.2. The summed E-state index contributed by atoms with van der Waals surface area (Å²) < 4.78 is 13.3. The van der Waals surface area contributed by atoms with Crippen LogP contribution in [0.15, 0.2) is 18.2 Å². The highest BCUT2D eigenvalue weighted by atomic mass is 32.2. The van der Waals surface area contributed by atoms with Crippen molar-refractivity contribution >= 4 is 17.4 Å². The second-order valence-electron chi connectivity index (χ2n) is 3.46. The van der Waals surface area contributed by atoms with Gasteiger partial charge in [0, 0.05) is 6.54 Å². The largest absolute Gasteiger partial charge is 0.383 e. The average Bonchev–Trinajstić information content (AvgIpc) is 2.23. The predicted octanol–water partition coefficient (Wildman–Crippen LogP) is 3.69. The van der Waals surface area contributed by atoms with Gasteiger partial charge in [-0.2, -0.15) is 11.8 Å². The Morgan fingerprint density at radius 2 is 2.20 bits per heavy atom. The van der Waals surface area contributed by atoms with Gasteiger partial charge in [0.2, 0.25) is 0 Å². The summed E-state index contributed by atoms with van der Waals surface area (Å²) in [5, 5.41) is 3.12. The Balaban J connectivity index is 2.33. The van der Waals surface area contributed by atoms with Crippen LogP contribution in [0, 0.1) is 12.7 Å². The first kappa shape index (κ1) is 12.4. The molecule has 0 amide bonds. The molecule has 0 spiro atoms.